The molecule has 1 aliphatic rings. The molecule has 7 heteroatoms. The number of amides is 1. The van der Waals surface area contributed by atoms with Crippen molar-refractivity contribution in [2.24, 2.45) is 0 Å². The van der Waals surface area contributed by atoms with Crippen molar-refractivity contribution in [3.63, 3.8) is 0 Å². The number of nitrogens with zero attached hydrogens (tertiary/aromatic N) is 3. The number of carbonyl (C=O) groups excluding carboxylic acids is 1. The van der Waals surface area contributed by atoms with E-state index in [0.29, 0.717) is 37.5 Å². The molecular weight excluding hydrogens is 260 g/mol. The van der Waals surface area contributed by atoms with Crippen LogP contribution in [0.3, 0.4) is 0 Å². The third kappa shape index (κ3) is 2.37. The quantitative estimate of drug-likeness (QED) is 0.880. The van der Waals surface area contributed by atoms with Crippen molar-refractivity contribution >= 4 is 16.9 Å². The standard InChI is InChI=1S/C13H16N4O3/c1-19-8-9-7-17(4-5-20-9)13(18)10-2-3-14-12-11(10)6-15-16-12/h2-3,6,9H,4-5,7-8H2,1H3,(H,14,15,16). The number of pyridine rings is 1. The Morgan fingerprint density at radius 2 is 2.55 bits per heavy atom. The van der Waals surface area contributed by atoms with Gasteiger partial charge in [0.05, 0.1) is 36.5 Å². The van der Waals surface area contributed by atoms with Crippen molar-refractivity contribution < 1.29 is 14.3 Å². The summed E-state index contributed by atoms with van der Waals surface area (Å²) >= 11 is 0. The van der Waals surface area contributed by atoms with E-state index in [9.17, 15) is 4.79 Å². The van der Waals surface area contributed by atoms with Crippen LogP contribution in [0.15, 0.2) is 18.5 Å². The summed E-state index contributed by atoms with van der Waals surface area (Å²) in [6, 6.07) is 1.72. The molecular formula is C13H16N4O3. The summed E-state index contributed by atoms with van der Waals surface area (Å²) in [6.45, 7) is 2.13. The fraction of sp³-hybridized carbons (Fsp3) is 0.462. The summed E-state index contributed by atoms with van der Waals surface area (Å²) in [7, 11) is 1.63. The van der Waals surface area contributed by atoms with E-state index in [1.807, 2.05) is 0 Å². The molecule has 3 heterocycles. The number of nitrogens with one attached hydrogen (secondary N) is 1. The van der Waals surface area contributed by atoms with Crippen LogP contribution in [-0.2, 0) is 9.47 Å². The Bertz CT molecular complexity index is 610. The SMILES string of the molecule is COCC1CN(C(=O)c2ccnc3[nH]ncc23)CCO1. The number of H-pyrrole nitrogens is 1. The van der Waals surface area contributed by atoms with Crippen LogP contribution < -0.4 is 0 Å². The van der Waals surface area contributed by atoms with Crippen LogP contribution in [0.4, 0.5) is 0 Å². The number of aromatic amines is 1. The van der Waals surface area contributed by atoms with Crippen molar-refractivity contribution in [3.05, 3.63) is 24.0 Å². The molecule has 1 amide bonds. The van der Waals surface area contributed by atoms with Crippen LogP contribution in [0.1, 0.15) is 10.4 Å². The minimum Gasteiger partial charge on any atom is -0.382 e. The molecule has 7 nitrogen and oxygen atoms in total. The van der Waals surface area contributed by atoms with E-state index in [1.165, 1.54) is 0 Å². The van der Waals surface area contributed by atoms with Crippen LogP contribution in [0.5, 0.6) is 0 Å². The molecule has 0 radical (unpaired) electrons. The maximum absolute atomic E-state index is 12.6. The van der Waals surface area contributed by atoms with E-state index >= 15 is 0 Å². The van der Waals surface area contributed by atoms with Crippen molar-refractivity contribution in [3.8, 4) is 0 Å². The highest BCUT2D eigenvalue weighted by atomic mass is 16.5. The molecule has 1 N–H and O–H groups in total. The lowest BCUT2D eigenvalue weighted by Crippen LogP contribution is -2.47. The van der Waals surface area contributed by atoms with E-state index in [1.54, 1.807) is 30.5 Å². The number of rotatable bonds is 3. The molecule has 1 atom stereocenters. The maximum atomic E-state index is 12.6. The van der Waals surface area contributed by atoms with E-state index in [-0.39, 0.29) is 12.0 Å². The summed E-state index contributed by atoms with van der Waals surface area (Å²) < 4.78 is 10.6. The second kappa shape index (κ2) is 5.56. The molecule has 0 aliphatic carbocycles. The summed E-state index contributed by atoms with van der Waals surface area (Å²) in [5, 5.41) is 7.44. The van der Waals surface area contributed by atoms with Crippen LogP contribution >= 0.6 is 0 Å². The predicted molar refractivity (Wildman–Crippen MR) is 71.4 cm³/mol. The molecule has 3 rings (SSSR count). The van der Waals surface area contributed by atoms with Crippen molar-refractivity contribution in [2.45, 2.75) is 6.10 Å². The average Bonchev–Trinajstić information content (AvgIpc) is 2.95. The Morgan fingerprint density at radius 3 is 3.40 bits per heavy atom. The smallest absolute Gasteiger partial charge is 0.254 e. The zero-order valence-electron chi connectivity index (χ0n) is 11.2. The number of methoxy groups -OCH3 is 1. The molecule has 0 bridgehead atoms. The van der Waals surface area contributed by atoms with Crippen LogP contribution in [-0.4, -0.2) is 65.5 Å². The highest BCUT2D eigenvalue weighted by Gasteiger charge is 2.26. The molecule has 106 valence electrons. The van der Waals surface area contributed by atoms with Gasteiger partial charge >= 0.3 is 0 Å². The van der Waals surface area contributed by atoms with Gasteiger partial charge in [0.25, 0.3) is 5.91 Å². The molecule has 0 spiro atoms. The van der Waals surface area contributed by atoms with Gasteiger partial charge in [-0.3, -0.25) is 9.89 Å². The zero-order valence-corrected chi connectivity index (χ0v) is 11.2. The third-order valence-electron chi connectivity index (χ3n) is 3.36. The molecule has 1 fully saturated rings. The first-order valence-electron chi connectivity index (χ1n) is 6.47. The summed E-state index contributed by atoms with van der Waals surface area (Å²) in [5.74, 6) is -0.0248. The monoisotopic (exact) mass is 276 g/mol. The minimum atomic E-state index is -0.0700. The fourth-order valence-corrected chi connectivity index (χ4v) is 2.40. The van der Waals surface area contributed by atoms with Crippen molar-refractivity contribution in [2.75, 3.05) is 33.4 Å². The number of aromatic nitrogens is 3. The summed E-state index contributed by atoms with van der Waals surface area (Å²) in [6.07, 6.45) is 3.17. The van der Waals surface area contributed by atoms with Gasteiger partial charge in [0, 0.05) is 26.4 Å². The van der Waals surface area contributed by atoms with Gasteiger partial charge in [-0.05, 0) is 6.07 Å². The normalized spacial score (nSPS) is 19.4. The average molecular weight is 276 g/mol. The molecule has 1 aliphatic heterocycles. The van der Waals surface area contributed by atoms with Gasteiger partial charge < -0.3 is 14.4 Å². The van der Waals surface area contributed by atoms with E-state index in [4.69, 9.17) is 9.47 Å². The van der Waals surface area contributed by atoms with Gasteiger partial charge in [0.15, 0.2) is 5.65 Å². The van der Waals surface area contributed by atoms with Gasteiger partial charge in [-0.2, -0.15) is 5.10 Å². The van der Waals surface area contributed by atoms with Gasteiger partial charge in [0.2, 0.25) is 0 Å². The fourth-order valence-electron chi connectivity index (χ4n) is 2.40. The summed E-state index contributed by atoms with van der Waals surface area (Å²) in [4.78, 5) is 18.5. The Morgan fingerprint density at radius 1 is 1.65 bits per heavy atom. The first-order chi connectivity index (χ1) is 9.79. The largest absolute Gasteiger partial charge is 0.382 e. The molecule has 0 aromatic carbocycles. The van der Waals surface area contributed by atoms with Gasteiger partial charge in [-0.1, -0.05) is 0 Å². The Labute approximate surface area is 115 Å². The Kier molecular flexibility index (Phi) is 3.62. The van der Waals surface area contributed by atoms with E-state index < -0.39 is 0 Å². The highest BCUT2D eigenvalue weighted by Crippen LogP contribution is 2.17. The Balaban J connectivity index is 1.83. The first kappa shape index (κ1) is 13.0. The van der Waals surface area contributed by atoms with Gasteiger partial charge in [-0.25, -0.2) is 4.98 Å². The lowest BCUT2D eigenvalue weighted by atomic mass is 10.1. The minimum absolute atomic E-state index is 0.0248. The van der Waals surface area contributed by atoms with Crippen LogP contribution in [0.25, 0.3) is 11.0 Å². The second-order valence-electron chi connectivity index (χ2n) is 4.69. The van der Waals surface area contributed by atoms with Gasteiger partial charge in [0.1, 0.15) is 0 Å². The molecule has 0 saturated carbocycles. The maximum Gasteiger partial charge on any atom is 0.254 e. The van der Waals surface area contributed by atoms with Crippen LogP contribution in [0.2, 0.25) is 0 Å². The number of ether oxygens (including phenoxy) is 2. The highest BCUT2D eigenvalue weighted by molar-refractivity contribution is 6.05. The zero-order chi connectivity index (χ0) is 13.9. The topological polar surface area (TPSA) is 80.3 Å². The molecule has 1 saturated heterocycles. The molecule has 20 heavy (non-hydrogen) atoms. The van der Waals surface area contributed by atoms with Crippen molar-refractivity contribution in [1.82, 2.24) is 20.1 Å². The van der Waals surface area contributed by atoms with Crippen molar-refractivity contribution in [1.29, 1.82) is 0 Å². The van der Waals surface area contributed by atoms with Gasteiger partial charge in [-0.15, -0.1) is 0 Å². The van der Waals surface area contributed by atoms with Crippen LogP contribution in [0, 0.1) is 0 Å². The molecule has 1 unspecified atom stereocenters. The first-order valence-corrected chi connectivity index (χ1v) is 6.47. The Hall–Kier alpha value is -1.99. The number of fused-ring (bicyclic) bond motifs is 1. The number of morpholine rings is 1. The third-order valence-corrected chi connectivity index (χ3v) is 3.36. The number of carbonyl (C=O) groups is 1. The number of hydrogen-bond donors (Lipinski definition) is 1. The lowest BCUT2D eigenvalue weighted by molar-refractivity contribution is -0.0530. The van der Waals surface area contributed by atoms with E-state index in [0.717, 1.165) is 5.39 Å². The lowest BCUT2D eigenvalue weighted by Gasteiger charge is -2.32. The van der Waals surface area contributed by atoms with E-state index in [2.05, 4.69) is 15.2 Å². The molecule has 2 aromatic rings. The number of hydrogen-bond acceptors (Lipinski definition) is 5. The second-order valence-corrected chi connectivity index (χ2v) is 4.69. The predicted octanol–water partition coefficient (Wildman–Crippen LogP) is 0.445. The molecule has 2 aromatic heterocycles. The summed E-state index contributed by atoms with van der Waals surface area (Å²) in [5.41, 5.74) is 1.24.